The van der Waals surface area contributed by atoms with E-state index in [9.17, 15) is 9.90 Å². The lowest BCUT2D eigenvalue weighted by atomic mass is 9.79. The van der Waals surface area contributed by atoms with Gasteiger partial charge in [0.25, 0.3) is 0 Å². The molecule has 4 nitrogen and oxygen atoms in total. The number of aliphatic hydroxyl groups is 1. The molecule has 0 bridgehead atoms. The highest BCUT2D eigenvalue weighted by Crippen LogP contribution is 2.33. The van der Waals surface area contributed by atoms with Gasteiger partial charge in [0.2, 0.25) is 0 Å². The Balaban J connectivity index is 1.66. The molecule has 0 atom stereocenters. The highest BCUT2D eigenvalue weighted by Gasteiger charge is 2.36. The van der Waals surface area contributed by atoms with Crippen LogP contribution in [0.1, 0.15) is 57.8 Å². The Morgan fingerprint density at radius 2 is 1.74 bits per heavy atom. The molecule has 2 N–H and O–H groups in total. The van der Waals surface area contributed by atoms with Crippen molar-refractivity contribution < 1.29 is 19.7 Å². The summed E-state index contributed by atoms with van der Waals surface area (Å²) in [4.78, 5) is 10.9. The molecule has 2 fully saturated rings. The lowest BCUT2D eigenvalue weighted by Gasteiger charge is -2.35. The molecule has 2 aliphatic rings. The number of rotatable bonds is 5. The predicted molar refractivity (Wildman–Crippen MR) is 71.9 cm³/mol. The third-order valence-electron chi connectivity index (χ3n) is 4.71. The summed E-state index contributed by atoms with van der Waals surface area (Å²) >= 11 is 0. The van der Waals surface area contributed by atoms with Gasteiger partial charge in [-0.3, -0.25) is 4.79 Å². The summed E-state index contributed by atoms with van der Waals surface area (Å²) in [6.07, 6.45) is 8.69. The Labute approximate surface area is 115 Å². The van der Waals surface area contributed by atoms with Gasteiger partial charge in [-0.15, -0.1) is 0 Å². The molecule has 110 valence electrons. The monoisotopic (exact) mass is 270 g/mol. The SMILES string of the molecule is O=C(O)C1CCC(O)(COCC2CCCCC2)CC1. The molecule has 0 saturated heterocycles. The van der Waals surface area contributed by atoms with Crippen molar-refractivity contribution in [3.63, 3.8) is 0 Å². The molecule has 0 aromatic rings. The van der Waals surface area contributed by atoms with E-state index < -0.39 is 11.6 Å². The quantitative estimate of drug-likeness (QED) is 0.806. The molecule has 0 aromatic heterocycles. The first kappa shape index (κ1) is 14.8. The van der Waals surface area contributed by atoms with Crippen molar-refractivity contribution >= 4 is 5.97 Å². The van der Waals surface area contributed by atoms with Crippen LogP contribution < -0.4 is 0 Å². The first-order valence-corrected chi connectivity index (χ1v) is 7.62. The van der Waals surface area contributed by atoms with Crippen LogP contribution in [0.25, 0.3) is 0 Å². The number of hydrogen-bond acceptors (Lipinski definition) is 3. The van der Waals surface area contributed by atoms with Crippen molar-refractivity contribution in [1.82, 2.24) is 0 Å². The Bertz CT molecular complexity index is 289. The van der Waals surface area contributed by atoms with E-state index in [1.807, 2.05) is 0 Å². The maximum absolute atomic E-state index is 10.9. The van der Waals surface area contributed by atoms with E-state index in [-0.39, 0.29) is 5.92 Å². The minimum Gasteiger partial charge on any atom is -0.481 e. The molecule has 4 heteroatoms. The fourth-order valence-corrected chi connectivity index (χ4v) is 3.32. The summed E-state index contributed by atoms with van der Waals surface area (Å²) in [5.74, 6) is -0.350. The van der Waals surface area contributed by atoms with Crippen LogP contribution in [0, 0.1) is 11.8 Å². The van der Waals surface area contributed by atoms with Crippen LogP contribution in [0.4, 0.5) is 0 Å². The van der Waals surface area contributed by atoms with Crippen molar-refractivity contribution in [1.29, 1.82) is 0 Å². The smallest absolute Gasteiger partial charge is 0.306 e. The van der Waals surface area contributed by atoms with E-state index >= 15 is 0 Å². The third kappa shape index (κ3) is 4.46. The van der Waals surface area contributed by atoms with Gasteiger partial charge in [0.15, 0.2) is 0 Å². The molecule has 0 radical (unpaired) electrons. The Kier molecular flexibility index (Phi) is 5.22. The van der Waals surface area contributed by atoms with Gasteiger partial charge >= 0.3 is 5.97 Å². The summed E-state index contributed by atoms with van der Waals surface area (Å²) in [7, 11) is 0. The van der Waals surface area contributed by atoms with Crippen molar-refractivity contribution in [2.45, 2.75) is 63.4 Å². The minimum absolute atomic E-state index is 0.279. The molecule has 0 heterocycles. The van der Waals surface area contributed by atoms with E-state index in [1.165, 1.54) is 32.1 Å². The number of aliphatic carboxylic acids is 1. The van der Waals surface area contributed by atoms with Crippen LogP contribution in [0.3, 0.4) is 0 Å². The van der Waals surface area contributed by atoms with Crippen molar-refractivity contribution in [3.8, 4) is 0 Å². The van der Waals surface area contributed by atoms with E-state index in [2.05, 4.69) is 0 Å². The lowest BCUT2D eigenvalue weighted by molar-refractivity contribution is -0.146. The second kappa shape index (κ2) is 6.71. The maximum Gasteiger partial charge on any atom is 0.306 e. The molecule has 2 rings (SSSR count). The molecule has 0 spiro atoms. The molecule has 0 aliphatic heterocycles. The first-order chi connectivity index (χ1) is 9.09. The molecule has 0 aromatic carbocycles. The largest absolute Gasteiger partial charge is 0.481 e. The Hall–Kier alpha value is -0.610. The van der Waals surface area contributed by atoms with Crippen molar-refractivity contribution in [2.24, 2.45) is 11.8 Å². The number of hydrogen-bond donors (Lipinski definition) is 2. The van der Waals surface area contributed by atoms with Crippen LogP contribution in [-0.2, 0) is 9.53 Å². The zero-order valence-corrected chi connectivity index (χ0v) is 11.6. The van der Waals surface area contributed by atoms with Gasteiger partial charge in [-0.2, -0.15) is 0 Å². The highest BCUT2D eigenvalue weighted by atomic mass is 16.5. The summed E-state index contributed by atoms with van der Waals surface area (Å²) in [6, 6.07) is 0. The average molecular weight is 270 g/mol. The number of carboxylic acids is 1. The fourth-order valence-electron chi connectivity index (χ4n) is 3.32. The first-order valence-electron chi connectivity index (χ1n) is 7.62. The molecule has 2 saturated carbocycles. The lowest BCUT2D eigenvalue weighted by Crippen LogP contribution is -2.40. The van der Waals surface area contributed by atoms with Crippen LogP contribution in [-0.4, -0.2) is 35.0 Å². The molecular formula is C15H26O4. The summed E-state index contributed by atoms with van der Waals surface area (Å²) in [5.41, 5.74) is -0.791. The van der Waals surface area contributed by atoms with Crippen LogP contribution in [0.5, 0.6) is 0 Å². The van der Waals surface area contributed by atoms with E-state index in [0.29, 0.717) is 38.2 Å². The van der Waals surface area contributed by atoms with Gasteiger partial charge in [0, 0.05) is 6.61 Å². The van der Waals surface area contributed by atoms with E-state index in [4.69, 9.17) is 9.84 Å². The number of ether oxygens (including phenoxy) is 1. The number of carbonyl (C=O) groups is 1. The molecular weight excluding hydrogens is 244 g/mol. The van der Waals surface area contributed by atoms with Gasteiger partial charge < -0.3 is 14.9 Å². The zero-order chi connectivity index (χ0) is 13.7. The van der Waals surface area contributed by atoms with Gasteiger partial charge in [-0.05, 0) is 44.4 Å². The summed E-state index contributed by atoms with van der Waals surface area (Å²) in [6.45, 7) is 1.13. The second-order valence-electron chi connectivity index (χ2n) is 6.36. The Morgan fingerprint density at radius 3 is 2.32 bits per heavy atom. The zero-order valence-electron chi connectivity index (χ0n) is 11.6. The van der Waals surface area contributed by atoms with E-state index in [0.717, 1.165) is 6.61 Å². The maximum atomic E-state index is 10.9. The molecule has 2 aliphatic carbocycles. The molecule has 19 heavy (non-hydrogen) atoms. The van der Waals surface area contributed by atoms with Crippen LogP contribution in [0.15, 0.2) is 0 Å². The van der Waals surface area contributed by atoms with E-state index in [1.54, 1.807) is 0 Å². The summed E-state index contributed by atoms with van der Waals surface area (Å²) in [5, 5.41) is 19.3. The Morgan fingerprint density at radius 1 is 1.11 bits per heavy atom. The average Bonchev–Trinajstić information content (AvgIpc) is 2.40. The van der Waals surface area contributed by atoms with Gasteiger partial charge in [-0.25, -0.2) is 0 Å². The number of carboxylic acid groups (broad SMARTS) is 1. The van der Waals surface area contributed by atoms with Crippen LogP contribution in [0.2, 0.25) is 0 Å². The van der Waals surface area contributed by atoms with Crippen molar-refractivity contribution in [3.05, 3.63) is 0 Å². The van der Waals surface area contributed by atoms with Crippen molar-refractivity contribution in [2.75, 3.05) is 13.2 Å². The highest BCUT2D eigenvalue weighted by molar-refractivity contribution is 5.70. The topological polar surface area (TPSA) is 66.8 Å². The minimum atomic E-state index is -0.791. The fraction of sp³-hybridized carbons (Fsp3) is 0.933. The predicted octanol–water partition coefficient (Wildman–Crippen LogP) is 2.59. The second-order valence-corrected chi connectivity index (χ2v) is 6.36. The molecule has 0 amide bonds. The van der Waals surface area contributed by atoms with Gasteiger partial charge in [0.05, 0.1) is 18.1 Å². The molecule has 0 unspecified atom stereocenters. The third-order valence-corrected chi connectivity index (χ3v) is 4.71. The normalized spacial score (nSPS) is 33.2. The standard InChI is InChI=1S/C15H26O4/c16-14(17)13-6-8-15(18,9-7-13)11-19-10-12-4-2-1-3-5-12/h12-13,18H,1-11H2,(H,16,17). The van der Waals surface area contributed by atoms with Crippen LogP contribution >= 0.6 is 0 Å². The van der Waals surface area contributed by atoms with Gasteiger partial charge in [-0.1, -0.05) is 19.3 Å². The van der Waals surface area contributed by atoms with Gasteiger partial charge in [0.1, 0.15) is 0 Å². The summed E-state index contributed by atoms with van der Waals surface area (Å²) < 4.78 is 5.71.